The first-order valence-corrected chi connectivity index (χ1v) is 5.40. The summed E-state index contributed by atoms with van der Waals surface area (Å²) >= 11 is 0. The largest absolute Gasteiger partial charge is 0.327 e. The fourth-order valence-electron chi connectivity index (χ4n) is 1.85. The topological polar surface area (TPSA) is 49.4 Å². The van der Waals surface area contributed by atoms with Crippen LogP contribution in [0.3, 0.4) is 0 Å². The van der Waals surface area contributed by atoms with Gasteiger partial charge in [-0.3, -0.25) is 4.79 Å². The van der Waals surface area contributed by atoms with Crippen LogP contribution in [0.2, 0.25) is 0 Å². The number of nitrogens with one attached hydrogen (secondary N) is 1. The van der Waals surface area contributed by atoms with Gasteiger partial charge in [0.1, 0.15) is 0 Å². The molecule has 2 rings (SSSR count). The third-order valence-corrected chi connectivity index (χ3v) is 2.77. The first kappa shape index (κ1) is 11.4. The smallest absolute Gasteiger partial charge is 0.321 e. The van der Waals surface area contributed by atoms with E-state index in [0.29, 0.717) is 5.57 Å². The second-order valence-electron chi connectivity index (χ2n) is 4.04. The number of Topliss-reactive ketones (excluding diaryl/α,β-unsaturated/α-hetero) is 1. The summed E-state index contributed by atoms with van der Waals surface area (Å²) in [6, 6.07) is 8.91. The van der Waals surface area contributed by atoms with Gasteiger partial charge in [0.15, 0.2) is 5.78 Å². The Labute approximate surface area is 99.9 Å². The van der Waals surface area contributed by atoms with Gasteiger partial charge < -0.3 is 10.2 Å². The molecule has 2 amide bonds. The molecular weight excluding hydrogens is 216 g/mol. The number of urea groups is 1. The number of hydrogen-bond donors (Lipinski definition) is 1. The lowest BCUT2D eigenvalue weighted by Crippen LogP contribution is -2.43. The molecule has 1 N–H and O–H groups in total. The van der Waals surface area contributed by atoms with Gasteiger partial charge in [-0.1, -0.05) is 30.3 Å². The molecule has 1 heterocycles. The molecule has 1 atom stereocenters. The van der Waals surface area contributed by atoms with Crippen molar-refractivity contribution in [2.75, 3.05) is 7.05 Å². The number of benzene rings is 1. The molecule has 0 radical (unpaired) electrons. The molecule has 1 aliphatic rings. The summed E-state index contributed by atoms with van der Waals surface area (Å²) in [6.45, 7) is 1.51. The van der Waals surface area contributed by atoms with Crippen LogP contribution in [0.4, 0.5) is 4.79 Å². The highest BCUT2D eigenvalue weighted by Crippen LogP contribution is 2.25. The molecule has 4 nitrogen and oxygen atoms in total. The van der Waals surface area contributed by atoms with Crippen LogP contribution < -0.4 is 5.32 Å². The Kier molecular flexibility index (Phi) is 2.95. The molecular formula is C13H14N2O2. The van der Waals surface area contributed by atoms with E-state index in [1.807, 2.05) is 30.3 Å². The summed E-state index contributed by atoms with van der Waals surface area (Å²) < 4.78 is 0. The fourth-order valence-corrected chi connectivity index (χ4v) is 1.85. The average Bonchev–Trinajstić information content (AvgIpc) is 2.33. The van der Waals surface area contributed by atoms with E-state index in [0.717, 1.165) is 5.56 Å². The van der Waals surface area contributed by atoms with Crippen molar-refractivity contribution in [2.45, 2.75) is 13.0 Å². The summed E-state index contributed by atoms with van der Waals surface area (Å²) in [4.78, 5) is 24.6. The van der Waals surface area contributed by atoms with Crippen molar-refractivity contribution >= 4 is 11.8 Å². The maximum Gasteiger partial charge on any atom is 0.321 e. The molecule has 0 saturated heterocycles. The highest BCUT2D eigenvalue weighted by molar-refractivity contribution is 5.97. The van der Waals surface area contributed by atoms with Crippen molar-refractivity contribution in [2.24, 2.45) is 0 Å². The molecule has 17 heavy (non-hydrogen) atoms. The lowest BCUT2D eigenvalue weighted by molar-refractivity contribution is -0.114. The van der Waals surface area contributed by atoms with E-state index < -0.39 is 0 Å². The van der Waals surface area contributed by atoms with E-state index >= 15 is 0 Å². The van der Waals surface area contributed by atoms with Crippen molar-refractivity contribution in [3.05, 3.63) is 47.7 Å². The van der Waals surface area contributed by atoms with Crippen molar-refractivity contribution in [1.82, 2.24) is 10.2 Å². The van der Waals surface area contributed by atoms with Crippen LogP contribution >= 0.6 is 0 Å². The summed E-state index contributed by atoms with van der Waals surface area (Å²) in [5.74, 6) is -0.0364. The second-order valence-corrected chi connectivity index (χ2v) is 4.04. The van der Waals surface area contributed by atoms with Gasteiger partial charge in [-0.25, -0.2) is 4.79 Å². The summed E-state index contributed by atoms with van der Waals surface area (Å²) in [5.41, 5.74) is 1.51. The molecule has 0 fully saturated rings. The van der Waals surface area contributed by atoms with Gasteiger partial charge >= 0.3 is 6.03 Å². The van der Waals surface area contributed by atoms with Crippen LogP contribution in [-0.4, -0.2) is 23.8 Å². The first-order chi connectivity index (χ1) is 8.09. The molecule has 0 aromatic heterocycles. The van der Waals surface area contributed by atoms with Gasteiger partial charge in [0, 0.05) is 18.8 Å². The summed E-state index contributed by atoms with van der Waals surface area (Å²) in [6.07, 6.45) is 1.60. The zero-order valence-corrected chi connectivity index (χ0v) is 9.81. The maximum atomic E-state index is 11.6. The lowest BCUT2D eigenvalue weighted by Gasteiger charge is -2.29. The Hall–Kier alpha value is -2.10. The van der Waals surface area contributed by atoms with Crippen LogP contribution in [0.5, 0.6) is 0 Å². The Morgan fingerprint density at radius 1 is 1.29 bits per heavy atom. The van der Waals surface area contributed by atoms with E-state index in [-0.39, 0.29) is 17.9 Å². The summed E-state index contributed by atoms with van der Waals surface area (Å²) in [7, 11) is 1.62. The number of rotatable bonds is 2. The zero-order valence-electron chi connectivity index (χ0n) is 9.81. The van der Waals surface area contributed by atoms with Gasteiger partial charge in [-0.2, -0.15) is 0 Å². The molecule has 88 valence electrons. The van der Waals surface area contributed by atoms with Crippen LogP contribution in [-0.2, 0) is 4.79 Å². The third kappa shape index (κ3) is 2.20. The van der Waals surface area contributed by atoms with Crippen LogP contribution in [0.1, 0.15) is 18.5 Å². The van der Waals surface area contributed by atoms with Gasteiger partial charge in [-0.15, -0.1) is 0 Å². The first-order valence-electron chi connectivity index (χ1n) is 5.40. The number of nitrogens with zero attached hydrogens (tertiary/aromatic N) is 1. The standard InChI is InChI=1S/C13H14N2O2/c1-9(16)11-8-15(2)13(17)14-12(11)10-6-4-3-5-7-10/h3-8,12H,1-2H3,(H,14,17)/t12-/m1/s1. The number of carbonyl (C=O) groups is 2. The zero-order chi connectivity index (χ0) is 12.4. The van der Waals surface area contributed by atoms with Crippen LogP contribution in [0.15, 0.2) is 42.1 Å². The van der Waals surface area contributed by atoms with Crippen LogP contribution in [0.25, 0.3) is 0 Å². The normalized spacial score (nSPS) is 19.6. The minimum atomic E-state index is -0.350. The van der Waals surface area contributed by atoms with E-state index in [1.54, 1.807) is 13.2 Å². The predicted octanol–water partition coefficient (Wildman–Crippen LogP) is 1.86. The van der Waals surface area contributed by atoms with E-state index in [1.165, 1.54) is 11.8 Å². The summed E-state index contributed by atoms with van der Waals surface area (Å²) in [5, 5.41) is 2.81. The number of amides is 2. The molecule has 4 heteroatoms. The minimum Gasteiger partial charge on any atom is -0.327 e. The Balaban J connectivity index is 2.42. The highest BCUT2D eigenvalue weighted by Gasteiger charge is 2.28. The quantitative estimate of drug-likeness (QED) is 0.843. The van der Waals surface area contributed by atoms with Crippen molar-refractivity contribution in [3.63, 3.8) is 0 Å². The molecule has 0 unspecified atom stereocenters. The second kappa shape index (κ2) is 4.41. The molecule has 0 bridgehead atoms. The van der Waals surface area contributed by atoms with Crippen molar-refractivity contribution in [3.8, 4) is 0 Å². The van der Waals surface area contributed by atoms with Crippen molar-refractivity contribution in [1.29, 1.82) is 0 Å². The van der Waals surface area contributed by atoms with Gasteiger partial charge in [-0.05, 0) is 12.5 Å². The lowest BCUT2D eigenvalue weighted by atomic mass is 9.95. The van der Waals surface area contributed by atoms with Gasteiger partial charge in [0.05, 0.1) is 6.04 Å². The molecule has 0 spiro atoms. The number of ketones is 1. The number of hydrogen-bond acceptors (Lipinski definition) is 2. The SMILES string of the molecule is CC(=O)C1=CN(C)C(=O)N[C@@H]1c1ccccc1. The van der Waals surface area contributed by atoms with E-state index in [2.05, 4.69) is 5.32 Å². The monoisotopic (exact) mass is 230 g/mol. The van der Waals surface area contributed by atoms with Crippen LogP contribution in [0, 0.1) is 0 Å². The maximum absolute atomic E-state index is 11.6. The predicted molar refractivity (Wildman–Crippen MR) is 64.2 cm³/mol. The van der Waals surface area contributed by atoms with E-state index in [4.69, 9.17) is 0 Å². The number of carbonyl (C=O) groups excluding carboxylic acids is 2. The highest BCUT2D eigenvalue weighted by atomic mass is 16.2. The fraction of sp³-hybridized carbons (Fsp3) is 0.231. The van der Waals surface area contributed by atoms with Gasteiger partial charge in [0.2, 0.25) is 0 Å². The molecule has 0 saturated carbocycles. The third-order valence-electron chi connectivity index (χ3n) is 2.77. The Morgan fingerprint density at radius 2 is 1.94 bits per heavy atom. The Bertz CT molecular complexity index is 479. The average molecular weight is 230 g/mol. The molecule has 1 aliphatic heterocycles. The molecule has 1 aromatic rings. The minimum absolute atomic E-state index is 0.0364. The Morgan fingerprint density at radius 3 is 2.53 bits per heavy atom. The van der Waals surface area contributed by atoms with E-state index in [9.17, 15) is 9.59 Å². The molecule has 0 aliphatic carbocycles. The van der Waals surface area contributed by atoms with Crippen molar-refractivity contribution < 1.29 is 9.59 Å². The van der Waals surface area contributed by atoms with Gasteiger partial charge in [0.25, 0.3) is 0 Å². The molecule has 1 aromatic carbocycles.